The van der Waals surface area contributed by atoms with Crippen molar-refractivity contribution in [2.24, 2.45) is 0 Å². The fourth-order valence-electron chi connectivity index (χ4n) is 3.48. The summed E-state index contributed by atoms with van der Waals surface area (Å²) < 4.78 is 5.16. The summed E-state index contributed by atoms with van der Waals surface area (Å²) in [5.41, 5.74) is 7.13. The fraction of sp³-hybridized carbons (Fsp3) is 0.611. The third-order valence-corrected chi connectivity index (χ3v) is 4.85. The number of carbonyl (C=O) groups excluding carboxylic acids is 1. The van der Waals surface area contributed by atoms with Crippen LogP contribution in [0.1, 0.15) is 55.8 Å². The van der Waals surface area contributed by atoms with E-state index < -0.39 is 0 Å². The third kappa shape index (κ3) is 3.61. The maximum absolute atomic E-state index is 12.9. The molecule has 0 heterocycles. The first-order valence-corrected chi connectivity index (χ1v) is 8.28. The Labute approximate surface area is 133 Å². The van der Waals surface area contributed by atoms with E-state index in [0.29, 0.717) is 23.0 Å². The van der Waals surface area contributed by atoms with Crippen LogP contribution in [0.25, 0.3) is 0 Å². The van der Waals surface area contributed by atoms with Gasteiger partial charge in [0.1, 0.15) is 5.75 Å². The van der Waals surface area contributed by atoms with E-state index in [1.165, 1.54) is 32.1 Å². The highest BCUT2D eigenvalue weighted by atomic mass is 16.5. The van der Waals surface area contributed by atoms with Gasteiger partial charge < -0.3 is 10.5 Å². The highest BCUT2D eigenvalue weighted by molar-refractivity contribution is 6.01. The molecule has 1 aromatic carbocycles. The second kappa shape index (κ2) is 7.63. The number of Topliss-reactive ketones (excluding diaryl/α,β-unsaturated/α-hetero) is 1. The minimum absolute atomic E-state index is 0.0732. The van der Waals surface area contributed by atoms with Gasteiger partial charge in [-0.15, -0.1) is 0 Å². The summed E-state index contributed by atoms with van der Waals surface area (Å²) >= 11 is 0. The highest BCUT2D eigenvalue weighted by Crippen LogP contribution is 2.27. The zero-order valence-electron chi connectivity index (χ0n) is 14.0. The molecule has 0 spiro atoms. The van der Waals surface area contributed by atoms with E-state index in [1.807, 2.05) is 6.07 Å². The van der Waals surface area contributed by atoms with Crippen LogP contribution in [0, 0.1) is 0 Å². The number of rotatable bonds is 6. The molecule has 1 atom stereocenters. The summed E-state index contributed by atoms with van der Waals surface area (Å²) in [5.74, 6) is 0.773. The Hall–Kier alpha value is -1.55. The Kier molecular flexibility index (Phi) is 5.83. The van der Waals surface area contributed by atoms with Crippen molar-refractivity contribution in [2.75, 3.05) is 19.9 Å². The number of likely N-dealkylation sites (N-methyl/N-ethyl adjacent to an activating group) is 1. The molecule has 1 fully saturated rings. The van der Waals surface area contributed by atoms with Crippen molar-refractivity contribution in [1.82, 2.24) is 4.90 Å². The first-order chi connectivity index (χ1) is 10.6. The second-order valence-electron chi connectivity index (χ2n) is 6.20. The van der Waals surface area contributed by atoms with E-state index in [0.717, 1.165) is 6.42 Å². The van der Waals surface area contributed by atoms with Crippen molar-refractivity contribution < 1.29 is 9.53 Å². The van der Waals surface area contributed by atoms with Crippen molar-refractivity contribution in [3.05, 3.63) is 23.8 Å². The number of ether oxygens (including phenoxy) is 1. The Morgan fingerprint density at radius 2 is 2.05 bits per heavy atom. The van der Waals surface area contributed by atoms with Gasteiger partial charge in [0.15, 0.2) is 5.78 Å². The quantitative estimate of drug-likeness (QED) is 0.645. The smallest absolute Gasteiger partial charge is 0.180 e. The molecule has 22 heavy (non-hydrogen) atoms. The van der Waals surface area contributed by atoms with E-state index in [-0.39, 0.29) is 11.8 Å². The second-order valence-corrected chi connectivity index (χ2v) is 6.20. The summed E-state index contributed by atoms with van der Waals surface area (Å²) in [7, 11) is 3.67. The molecule has 1 unspecified atom stereocenters. The number of methoxy groups -OCH3 is 1. The zero-order chi connectivity index (χ0) is 16.1. The van der Waals surface area contributed by atoms with Crippen LogP contribution in [0.5, 0.6) is 5.75 Å². The van der Waals surface area contributed by atoms with Crippen molar-refractivity contribution in [3.8, 4) is 5.75 Å². The fourth-order valence-corrected chi connectivity index (χ4v) is 3.48. The van der Waals surface area contributed by atoms with Crippen LogP contribution in [0.3, 0.4) is 0 Å². The lowest BCUT2D eigenvalue weighted by Crippen LogP contribution is -2.45. The molecule has 1 aliphatic carbocycles. The van der Waals surface area contributed by atoms with Gasteiger partial charge in [-0.3, -0.25) is 9.69 Å². The van der Waals surface area contributed by atoms with Crippen LogP contribution in [0.4, 0.5) is 5.69 Å². The molecule has 0 amide bonds. The van der Waals surface area contributed by atoms with E-state index >= 15 is 0 Å². The van der Waals surface area contributed by atoms with Crippen molar-refractivity contribution in [3.63, 3.8) is 0 Å². The van der Waals surface area contributed by atoms with Crippen LogP contribution in [0.15, 0.2) is 18.2 Å². The largest absolute Gasteiger partial charge is 0.495 e. The van der Waals surface area contributed by atoms with Crippen LogP contribution < -0.4 is 10.5 Å². The number of hydrogen-bond acceptors (Lipinski definition) is 4. The third-order valence-electron chi connectivity index (χ3n) is 4.85. The normalized spacial score (nSPS) is 17.5. The van der Waals surface area contributed by atoms with Crippen LogP contribution in [0.2, 0.25) is 0 Å². The molecule has 0 radical (unpaired) electrons. The number of benzene rings is 1. The lowest BCUT2D eigenvalue weighted by molar-refractivity contribution is 0.0742. The van der Waals surface area contributed by atoms with E-state index in [4.69, 9.17) is 10.5 Å². The molecule has 0 bridgehead atoms. The molecule has 0 saturated heterocycles. The average Bonchev–Trinajstić information content (AvgIpc) is 2.56. The van der Waals surface area contributed by atoms with E-state index in [1.54, 1.807) is 19.2 Å². The topological polar surface area (TPSA) is 55.6 Å². The van der Waals surface area contributed by atoms with Crippen molar-refractivity contribution >= 4 is 11.5 Å². The Bertz CT molecular complexity index is 510. The Balaban J connectivity index is 2.15. The van der Waals surface area contributed by atoms with Gasteiger partial charge in [0.05, 0.1) is 18.8 Å². The maximum atomic E-state index is 12.9. The van der Waals surface area contributed by atoms with Gasteiger partial charge in [-0.2, -0.15) is 0 Å². The maximum Gasteiger partial charge on any atom is 0.180 e. The summed E-state index contributed by atoms with van der Waals surface area (Å²) in [6, 6.07) is 5.78. The molecule has 4 heteroatoms. The molecule has 4 nitrogen and oxygen atoms in total. The number of carbonyl (C=O) groups is 1. The predicted octanol–water partition coefficient (Wildman–Crippen LogP) is 3.50. The minimum Gasteiger partial charge on any atom is -0.495 e. The summed E-state index contributed by atoms with van der Waals surface area (Å²) in [5, 5.41) is 0. The highest BCUT2D eigenvalue weighted by Gasteiger charge is 2.29. The summed E-state index contributed by atoms with van der Waals surface area (Å²) in [6.45, 7) is 2.08. The molecular weight excluding hydrogens is 276 g/mol. The van der Waals surface area contributed by atoms with Crippen LogP contribution in [-0.2, 0) is 0 Å². The minimum atomic E-state index is -0.0732. The molecule has 1 aliphatic rings. The molecular formula is C18H28N2O2. The molecule has 2 N–H and O–H groups in total. The Morgan fingerprint density at radius 1 is 1.36 bits per heavy atom. The van der Waals surface area contributed by atoms with E-state index in [9.17, 15) is 4.79 Å². The number of nitrogens with zero attached hydrogens (tertiary/aromatic N) is 1. The average molecular weight is 304 g/mol. The van der Waals surface area contributed by atoms with Gasteiger partial charge in [0, 0.05) is 11.6 Å². The molecule has 0 aromatic heterocycles. The molecule has 122 valence electrons. The lowest BCUT2D eigenvalue weighted by Gasteiger charge is -2.36. The Morgan fingerprint density at radius 3 is 2.59 bits per heavy atom. The van der Waals surface area contributed by atoms with Gasteiger partial charge in [-0.05, 0) is 44.5 Å². The van der Waals surface area contributed by atoms with Gasteiger partial charge in [-0.1, -0.05) is 26.2 Å². The number of hydrogen-bond donors (Lipinski definition) is 1. The predicted molar refractivity (Wildman–Crippen MR) is 90.5 cm³/mol. The monoisotopic (exact) mass is 304 g/mol. The number of ketones is 1. The molecule has 0 aliphatic heterocycles. The first-order valence-electron chi connectivity index (χ1n) is 8.28. The van der Waals surface area contributed by atoms with Gasteiger partial charge in [-0.25, -0.2) is 0 Å². The standard InChI is InChI=1S/C18H28N2O2/c1-4-16(20(2)14-8-6-5-7-9-14)18(21)13-10-11-17(22-3)15(19)12-13/h10-12,14,16H,4-9,19H2,1-3H3. The van der Waals surface area contributed by atoms with Crippen LogP contribution >= 0.6 is 0 Å². The number of nitrogen functional groups attached to an aromatic ring is 1. The zero-order valence-corrected chi connectivity index (χ0v) is 14.0. The molecule has 1 aromatic rings. The van der Waals surface area contributed by atoms with Crippen LogP contribution in [-0.4, -0.2) is 36.9 Å². The van der Waals surface area contributed by atoms with Gasteiger partial charge >= 0.3 is 0 Å². The molecule has 2 rings (SSSR count). The van der Waals surface area contributed by atoms with Gasteiger partial charge in [0.25, 0.3) is 0 Å². The lowest BCUT2D eigenvalue weighted by atomic mass is 9.91. The van der Waals surface area contributed by atoms with E-state index in [2.05, 4.69) is 18.9 Å². The number of anilines is 1. The van der Waals surface area contributed by atoms with Crippen molar-refractivity contribution in [2.45, 2.75) is 57.5 Å². The van der Waals surface area contributed by atoms with Crippen molar-refractivity contribution in [1.29, 1.82) is 0 Å². The number of nitrogens with two attached hydrogens (primary N) is 1. The summed E-state index contributed by atoms with van der Waals surface area (Å²) in [4.78, 5) is 15.2. The SMILES string of the molecule is CCC(C(=O)c1ccc(OC)c(N)c1)N(C)C1CCCCC1. The summed E-state index contributed by atoms with van der Waals surface area (Å²) in [6.07, 6.45) is 7.09. The molecule has 1 saturated carbocycles. The first kappa shape index (κ1) is 16.8. The van der Waals surface area contributed by atoms with Gasteiger partial charge in [0.2, 0.25) is 0 Å².